The molecule has 3 unspecified atom stereocenters. The molecular weight excluding hydrogens is 222 g/mol. The molecule has 2 heterocycles. The molecule has 1 fully saturated rings. The lowest BCUT2D eigenvalue weighted by atomic mass is 10.1. The van der Waals surface area contributed by atoms with Gasteiger partial charge >= 0.3 is 0 Å². The molecule has 1 aliphatic rings. The maximum Gasteiger partial charge on any atom is 0.156 e. The molecule has 94 valence electrons. The van der Waals surface area contributed by atoms with Crippen LogP contribution in [0.25, 0.3) is 0 Å². The van der Waals surface area contributed by atoms with E-state index in [1.165, 1.54) is 6.33 Å². The van der Waals surface area contributed by atoms with E-state index in [1.807, 2.05) is 6.92 Å². The van der Waals surface area contributed by atoms with Gasteiger partial charge in [-0.05, 0) is 6.42 Å². The van der Waals surface area contributed by atoms with Crippen LogP contribution in [0.1, 0.15) is 13.3 Å². The van der Waals surface area contributed by atoms with Crippen LogP contribution in [0.2, 0.25) is 0 Å². The Labute approximate surface area is 99.2 Å². The van der Waals surface area contributed by atoms with Crippen molar-refractivity contribution < 1.29 is 9.84 Å². The van der Waals surface area contributed by atoms with E-state index in [-0.39, 0.29) is 30.7 Å². The zero-order valence-electron chi connectivity index (χ0n) is 9.63. The average Bonchev–Trinajstić information content (AvgIpc) is 2.66. The lowest BCUT2D eigenvalue weighted by molar-refractivity contribution is 0.0189. The van der Waals surface area contributed by atoms with Gasteiger partial charge in [0, 0.05) is 5.92 Å². The van der Waals surface area contributed by atoms with Gasteiger partial charge in [-0.25, -0.2) is 9.97 Å². The van der Waals surface area contributed by atoms with E-state index < -0.39 is 0 Å². The van der Waals surface area contributed by atoms with Crippen molar-refractivity contribution in [1.82, 2.24) is 9.97 Å². The maximum atomic E-state index is 9.04. The number of aliphatic hydroxyl groups excluding tert-OH is 1. The zero-order valence-corrected chi connectivity index (χ0v) is 9.63. The largest absolute Gasteiger partial charge is 0.394 e. The van der Waals surface area contributed by atoms with Gasteiger partial charge in [0.1, 0.15) is 18.2 Å². The molecule has 2 rings (SSSR count). The summed E-state index contributed by atoms with van der Waals surface area (Å²) in [4.78, 5) is 7.80. The Hall–Kier alpha value is -1.60. The standard InChI is InChI=1S/C10H17N5O2/c1-5-2-6(3-16)17-10(5)15-9-7(11)8(12)13-4-14-9/h4-6,10,16H,2-3,11H2,1H3,(H3,12,13,14,15). The van der Waals surface area contributed by atoms with Gasteiger partial charge in [0.25, 0.3) is 0 Å². The Bertz CT molecular complexity index is 400. The summed E-state index contributed by atoms with van der Waals surface area (Å²) in [5.74, 6) is 0.975. The van der Waals surface area contributed by atoms with E-state index in [2.05, 4.69) is 15.3 Å². The second kappa shape index (κ2) is 4.72. The van der Waals surface area contributed by atoms with Crippen LogP contribution in [0.5, 0.6) is 0 Å². The summed E-state index contributed by atoms with van der Waals surface area (Å²) < 4.78 is 5.60. The Morgan fingerprint density at radius 1 is 1.53 bits per heavy atom. The van der Waals surface area contributed by atoms with E-state index in [1.54, 1.807) is 0 Å². The number of hydrogen-bond donors (Lipinski definition) is 4. The van der Waals surface area contributed by atoms with Crippen molar-refractivity contribution >= 4 is 17.3 Å². The SMILES string of the molecule is CC1CC(CO)OC1Nc1ncnc(N)c1N. The average molecular weight is 239 g/mol. The molecule has 0 radical (unpaired) electrons. The number of nitrogens with zero attached hydrogens (tertiary/aromatic N) is 2. The van der Waals surface area contributed by atoms with E-state index in [4.69, 9.17) is 21.3 Å². The van der Waals surface area contributed by atoms with Gasteiger partial charge in [-0.2, -0.15) is 0 Å². The van der Waals surface area contributed by atoms with Gasteiger partial charge in [-0.15, -0.1) is 0 Å². The molecule has 1 aliphatic heterocycles. The predicted octanol–water partition coefficient (Wildman–Crippen LogP) is -0.204. The summed E-state index contributed by atoms with van der Waals surface area (Å²) in [6, 6.07) is 0. The minimum atomic E-state index is -0.219. The molecule has 0 bridgehead atoms. The quantitative estimate of drug-likeness (QED) is 0.576. The lowest BCUT2D eigenvalue weighted by Gasteiger charge is -2.18. The maximum absolute atomic E-state index is 9.04. The van der Waals surface area contributed by atoms with Crippen molar-refractivity contribution in [2.24, 2.45) is 5.92 Å². The number of nitrogens with two attached hydrogens (primary N) is 2. The minimum Gasteiger partial charge on any atom is -0.394 e. The molecule has 1 aromatic rings. The number of anilines is 3. The third-order valence-electron chi connectivity index (χ3n) is 2.89. The molecular formula is C10H17N5O2. The first-order chi connectivity index (χ1) is 8.11. The fourth-order valence-corrected chi connectivity index (χ4v) is 1.89. The van der Waals surface area contributed by atoms with E-state index >= 15 is 0 Å². The van der Waals surface area contributed by atoms with Crippen molar-refractivity contribution in [2.75, 3.05) is 23.4 Å². The molecule has 0 aliphatic carbocycles. The predicted molar refractivity (Wildman–Crippen MR) is 64.0 cm³/mol. The Morgan fingerprint density at radius 2 is 2.29 bits per heavy atom. The van der Waals surface area contributed by atoms with Crippen LogP contribution >= 0.6 is 0 Å². The van der Waals surface area contributed by atoms with E-state index in [0.29, 0.717) is 11.5 Å². The third-order valence-corrected chi connectivity index (χ3v) is 2.89. The molecule has 7 heteroatoms. The normalized spacial score (nSPS) is 28.2. The molecule has 1 aromatic heterocycles. The lowest BCUT2D eigenvalue weighted by Crippen LogP contribution is -2.26. The van der Waals surface area contributed by atoms with Gasteiger partial charge in [0.05, 0.1) is 12.7 Å². The second-order valence-electron chi connectivity index (χ2n) is 4.24. The van der Waals surface area contributed by atoms with Gasteiger partial charge in [-0.3, -0.25) is 0 Å². The van der Waals surface area contributed by atoms with Crippen LogP contribution in [-0.2, 0) is 4.74 Å². The van der Waals surface area contributed by atoms with Gasteiger partial charge < -0.3 is 26.6 Å². The summed E-state index contributed by atoms with van der Waals surface area (Å²) in [7, 11) is 0. The van der Waals surface area contributed by atoms with Crippen LogP contribution in [0.15, 0.2) is 6.33 Å². The number of aromatic nitrogens is 2. The number of rotatable bonds is 3. The third kappa shape index (κ3) is 2.40. The van der Waals surface area contributed by atoms with Crippen LogP contribution < -0.4 is 16.8 Å². The van der Waals surface area contributed by atoms with E-state index in [0.717, 1.165) is 6.42 Å². The van der Waals surface area contributed by atoms with Crippen LogP contribution in [0, 0.1) is 5.92 Å². The summed E-state index contributed by atoms with van der Waals surface area (Å²) in [6.45, 7) is 2.05. The highest BCUT2D eigenvalue weighted by molar-refractivity contribution is 5.72. The fourth-order valence-electron chi connectivity index (χ4n) is 1.89. The monoisotopic (exact) mass is 239 g/mol. The smallest absolute Gasteiger partial charge is 0.156 e. The Morgan fingerprint density at radius 3 is 2.94 bits per heavy atom. The van der Waals surface area contributed by atoms with Crippen LogP contribution in [0.4, 0.5) is 17.3 Å². The number of nitrogens with one attached hydrogen (secondary N) is 1. The minimum absolute atomic E-state index is 0.0178. The van der Waals surface area contributed by atoms with Crippen molar-refractivity contribution in [3.63, 3.8) is 0 Å². The molecule has 0 saturated carbocycles. The first-order valence-electron chi connectivity index (χ1n) is 5.50. The topological polar surface area (TPSA) is 119 Å². The van der Waals surface area contributed by atoms with Crippen molar-refractivity contribution in [1.29, 1.82) is 0 Å². The molecule has 0 amide bonds. The van der Waals surface area contributed by atoms with E-state index in [9.17, 15) is 0 Å². The Balaban J connectivity index is 2.08. The summed E-state index contributed by atoms with van der Waals surface area (Å²) in [5.41, 5.74) is 11.7. The highest BCUT2D eigenvalue weighted by Gasteiger charge is 2.32. The van der Waals surface area contributed by atoms with Gasteiger partial charge in [-0.1, -0.05) is 6.92 Å². The number of ether oxygens (including phenoxy) is 1. The molecule has 7 nitrogen and oxygen atoms in total. The van der Waals surface area contributed by atoms with Gasteiger partial charge in [0.2, 0.25) is 0 Å². The second-order valence-corrected chi connectivity index (χ2v) is 4.24. The summed E-state index contributed by atoms with van der Waals surface area (Å²) in [5, 5.41) is 12.1. The van der Waals surface area contributed by atoms with Crippen molar-refractivity contribution in [2.45, 2.75) is 25.7 Å². The first-order valence-corrected chi connectivity index (χ1v) is 5.50. The molecule has 1 saturated heterocycles. The fraction of sp³-hybridized carbons (Fsp3) is 0.600. The molecule has 3 atom stereocenters. The highest BCUT2D eigenvalue weighted by atomic mass is 16.5. The van der Waals surface area contributed by atoms with Crippen molar-refractivity contribution in [3.8, 4) is 0 Å². The molecule has 17 heavy (non-hydrogen) atoms. The first kappa shape index (κ1) is 11.9. The zero-order chi connectivity index (χ0) is 12.4. The molecule has 6 N–H and O–H groups in total. The van der Waals surface area contributed by atoms with Crippen LogP contribution in [0.3, 0.4) is 0 Å². The van der Waals surface area contributed by atoms with Gasteiger partial charge in [0.15, 0.2) is 11.6 Å². The summed E-state index contributed by atoms with van der Waals surface area (Å²) >= 11 is 0. The summed E-state index contributed by atoms with van der Waals surface area (Å²) in [6.07, 6.45) is 1.79. The van der Waals surface area contributed by atoms with Crippen molar-refractivity contribution in [3.05, 3.63) is 6.33 Å². The highest BCUT2D eigenvalue weighted by Crippen LogP contribution is 2.29. The Kier molecular flexibility index (Phi) is 3.30. The number of aliphatic hydroxyl groups is 1. The number of hydrogen-bond acceptors (Lipinski definition) is 7. The van der Waals surface area contributed by atoms with Crippen LogP contribution in [-0.4, -0.2) is 34.0 Å². The number of nitrogen functional groups attached to an aromatic ring is 2. The molecule has 0 aromatic carbocycles. The molecule has 0 spiro atoms.